The summed E-state index contributed by atoms with van der Waals surface area (Å²) in [6.45, 7) is 1.43. The number of para-hydroxylation sites is 2. The SMILES string of the molecule is Fc1cccc2nc(N3CCc4nc[nH]c4C3)oc12.c1ccc2occc2c1. The van der Waals surface area contributed by atoms with E-state index in [9.17, 15) is 4.39 Å². The van der Waals surface area contributed by atoms with E-state index in [1.807, 2.05) is 35.2 Å². The average Bonchev–Trinajstić information content (AvgIpc) is 3.46. The summed E-state index contributed by atoms with van der Waals surface area (Å²) < 4.78 is 24.2. The molecule has 140 valence electrons. The van der Waals surface area contributed by atoms with Gasteiger partial charge in [0.15, 0.2) is 11.4 Å². The molecule has 0 atom stereocenters. The third-order valence-corrected chi connectivity index (χ3v) is 4.76. The van der Waals surface area contributed by atoms with Crippen LogP contribution in [0.1, 0.15) is 11.4 Å². The van der Waals surface area contributed by atoms with Crippen LogP contribution in [0.4, 0.5) is 10.4 Å². The molecular formula is C21H17FN4O2. The molecule has 0 radical (unpaired) electrons. The highest BCUT2D eigenvalue weighted by atomic mass is 19.1. The molecule has 1 aliphatic heterocycles. The molecule has 0 unspecified atom stereocenters. The number of anilines is 1. The minimum absolute atomic E-state index is 0.216. The van der Waals surface area contributed by atoms with Crippen molar-refractivity contribution >= 4 is 28.1 Å². The Bertz CT molecular complexity index is 1210. The number of rotatable bonds is 1. The van der Waals surface area contributed by atoms with Crippen molar-refractivity contribution in [2.24, 2.45) is 0 Å². The average molecular weight is 376 g/mol. The predicted molar refractivity (Wildman–Crippen MR) is 104 cm³/mol. The highest BCUT2D eigenvalue weighted by Crippen LogP contribution is 2.27. The van der Waals surface area contributed by atoms with Crippen LogP contribution in [0.25, 0.3) is 22.1 Å². The first kappa shape index (κ1) is 16.6. The standard InChI is InChI=1S/C13H11FN4O.C8H6O/c14-8-2-1-3-10-12(8)19-13(17-10)18-5-4-9-11(6-18)16-7-15-9;1-2-4-8-7(3-1)5-6-9-8/h1-3,7H,4-6H2,(H,15,16);1-6H. The zero-order valence-corrected chi connectivity index (χ0v) is 14.9. The van der Waals surface area contributed by atoms with Gasteiger partial charge in [-0.15, -0.1) is 0 Å². The second-order valence-electron chi connectivity index (χ2n) is 6.54. The number of oxazole rings is 1. The number of hydrogen-bond donors (Lipinski definition) is 1. The fourth-order valence-electron chi connectivity index (χ4n) is 3.32. The molecule has 0 saturated carbocycles. The minimum Gasteiger partial charge on any atom is -0.464 e. The molecular weight excluding hydrogens is 359 g/mol. The Morgan fingerprint density at radius 2 is 2.00 bits per heavy atom. The summed E-state index contributed by atoms with van der Waals surface area (Å²) in [5.41, 5.74) is 3.86. The van der Waals surface area contributed by atoms with Crippen LogP contribution in [0.15, 0.2) is 70.0 Å². The van der Waals surface area contributed by atoms with Gasteiger partial charge in [-0.2, -0.15) is 4.98 Å². The lowest BCUT2D eigenvalue weighted by Crippen LogP contribution is -2.30. The van der Waals surface area contributed by atoms with Crippen molar-refractivity contribution in [3.05, 3.63) is 78.3 Å². The zero-order chi connectivity index (χ0) is 18.9. The van der Waals surface area contributed by atoms with Gasteiger partial charge in [-0.1, -0.05) is 24.3 Å². The molecule has 0 bridgehead atoms. The summed E-state index contributed by atoms with van der Waals surface area (Å²) in [5, 5.41) is 1.16. The molecule has 5 aromatic rings. The van der Waals surface area contributed by atoms with E-state index in [0.29, 0.717) is 18.1 Å². The van der Waals surface area contributed by atoms with Crippen LogP contribution in [-0.4, -0.2) is 21.5 Å². The molecule has 0 aliphatic carbocycles. The van der Waals surface area contributed by atoms with Crippen LogP contribution in [-0.2, 0) is 13.0 Å². The Hall–Kier alpha value is -3.61. The second kappa shape index (κ2) is 6.84. The molecule has 0 amide bonds. The molecule has 0 spiro atoms. The van der Waals surface area contributed by atoms with Crippen molar-refractivity contribution in [1.29, 1.82) is 0 Å². The molecule has 1 N–H and O–H groups in total. The third-order valence-electron chi connectivity index (χ3n) is 4.76. The number of nitrogens with zero attached hydrogens (tertiary/aromatic N) is 3. The number of hydrogen-bond acceptors (Lipinski definition) is 5. The van der Waals surface area contributed by atoms with Gasteiger partial charge < -0.3 is 18.7 Å². The van der Waals surface area contributed by atoms with Gasteiger partial charge in [0, 0.05) is 18.4 Å². The number of furan rings is 1. The molecule has 0 fully saturated rings. The lowest BCUT2D eigenvalue weighted by molar-refractivity contribution is 0.527. The van der Waals surface area contributed by atoms with Crippen LogP contribution < -0.4 is 4.90 Å². The van der Waals surface area contributed by atoms with E-state index in [4.69, 9.17) is 8.83 Å². The van der Waals surface area contributed by atoms with Gasteiger partial charge in [-0.05, 0) is 24.3 Å². The van der Waals surface area contributed by atoms with Gasteiger partial charge in [0.2, 0.25) is 0 Å². The van der Waals surface area contributed by atoms with Gasteiger partial charge in [0.1, 0.15) is 11.1 Å². The first-order valence-corrected chi connectivity index (χ1v) is 9.01. The van der Waals surface area contributed by atoms with Crippen molar-refractivity contribution < 1.29 is 13.2 Å². The molecule has 2 aromatic carbocycles. The molecule has 3 aromatic heterocycles. The predicted octanol–water partition coefficient (Wildman–Crippen LogP) is 4.69. The van der Waals surface area contributed by atoms with Crippen LogP contribution in [0.3, 0.4) is 0 Å². The van der Waals surface area contributed by atoms with E-state index in [0.717, 1.165) is 35.3 Å². The summed E-state index contributed by atoms with van der Waals surface area (Å²) in [6.07, 6.45) is 4.23. The quantitative estimate of drug-likeness (QED) is 0.460. The fraction of sp³-hybridized carbons (Fsp3) is 0.143. The van der Waals surface area contributed by atoms with E-state index in [1.165, 1.54) is 6.07 Å². The van der Waals surface area contributed by atoms with Crippen molar-refractivity contribution in [2.75, 3.05) is 11.4 Å². The Kier molecular flexibility index (Phi) is 4.05. The topological polar surface area (TPSA) is 71.1 Å². The van der Waals surface area contributed by atoms with Crippen molar-refractivity contribution in [2.45, 2.75) is 13.0 Å². The van der Waals surface area contributed by atoms with E-state index < -0.39 is 0 Å². The Labute approximate surface area is 159 Å². The number of aromatic nitrogens is 3. The summed E-state index contributed by atoms with van der Waals surface area (Å²) in [6, 6.07) is 15.1. The number of nitrogens with one attached hydrogen (secondary N) is 1. The van der Waals surface area contributed by atoms with Crippen molar-refractivity contribution in [1.82, 2.24) is 15.0 Å². The van der Waals surface area contributed by atoms with Gasteiger partial charge in [0.05, 0.1) is 30.5 Å². The largest absolute Gasteiger partial charge is 0.464 e. The maximum Gasteiger partial charge on any atom is 0.298 e. The summed E-state index contributed by atoms with van der Waals surface area (Å²) in [5.74, 6) is -0.379. The Morgan fingerprint density at radius 1 is 1.07 bits per heavy atom. The summed E-state index contributed by atoms with van der Waals surface area (Å²) in [7, 11) is 0. The van der Waals surface area contributed by atoms with E-state index in [2.05, 4.69) is 15.0 Å². The van der Waals surface area contributed by atoms with Crippen LogP contribution in [0.5, 0.6) is 0 Å². The second-order valence-corrected chi connectivity index (χ2v) is 6.54. The highest BCUT2D eigenvalue weighted by Gasteiger charge is 2.22. The first-order valence-electron chi connectivity index (χ1n) is 9.01. The minimum atomic E-state index is -0.379. The van der Waals surface area contributed by atoms with Gasteiger partial charge >= 0.3 is 0 Å². The normalized spacial score (nSPS) is 13.4. The lowest BCUT2D eigenvalue weighted by Gasteiger charge is -2.24. The highest BCUT2D eigenvalue weighted by molar-refractivity contribution is 5.76. The smallest absolute Gasteiger partial charge is 0.298 e. The van der Waals surface area contributed by atoms with Crippen LogP contribution >= 0.6 is 0 Å². The number of aromatic amines is 1. The Morgan fingerprint density at radius 3 is 2.89 bits per heavy atom. The first-order chi connectivity index (χ1) is 13.8. The summed E-state index contributed by atoms with van der Waals surface area (Å²) in [4.78, 5) is 13.7. The fourth-order valence-corrected chi connectivity index (χ4v) is 3.32. The molecule has 28 heavy (non-hydrogen) atoms. The maximum atomic E-state index is 13.6. The molecule has 1 aliphatic rings. The number of H-pyrrole nitrogens is 1. The third kappa shape index (κ3) is 3.00. The van der Waals surface area contributed by atoms with E-state index in [-0.39, 0.29) is 11.4 Å². The Balaban J connectivity index is 0.000000158. The van der Waals surface area contributed by atoms with Crippen LogP contribution in [0, 0.1) is 5.82 Å². The van der Waals surface area contributed by atoms with Gasteiger partial charge in [-0.3, -0.25) is 0 Å². The zero-order valence-electron chi connectivity index (χ0n) is 14.9. The van der Waals surface area contributed by atoms with E-state index in [1.54, 1.807) is 24.7 Å². The number of imidazole rings is 1. The molecule has 7 heteroatoms. The number of fused-ring (bicyclic) bond motifs is 3. The molecule has 4 heterocycles. The molecule has 6 rings (SSSR count). The van der Waals surface area contributed by atoms with Crippen LogP contribution in [0.2, 0.25) is 0 Å². The van der Waals surface area contributed by atoms with Crippen molar-refractivity contribution in [3.63, 3.8) is 0 Å². The monoisotopic (exact) mass is 376 g/mol. The number of benzene rings is 2. The maximum absolute atomic E-state index is 13.6. The van der Waals surface area contributed by atoms with Crippen molar-refractivity contribution in [3.8, 4) is 0 Å². The van der Waals surface area contributed by atoms with E-state index >= 15 is 0 Å². The lowest BCUT2D eigenvalue weighted by atomic mass is 10.1. The number of halogens is 1. The molecule has 6 nitrogen and oxygen atoms in total. The van der Waals surface area contributed by atoms with Gasteiger partial charge in [-0.25, -0.2) is 9.37 Å². The molecule has 0 saturated heterocycles. The summed E-state index contributed by atoms with van der Waals surface area (Å²) >= 11 is 0. The van der Waals surface area contributed by atoms with Gasteiger partial charge in [0.25, 0.3) is 6.01 Å².